The Morgan fingerprint density at radius 1 is 1.39 bits per heavy atom. The molecule has 1 atom stereocenters. The van der Waals surface area contributed by atoms with Crippen molar-refractivity contribution < 1.29 is 33.0 Å². The first-order valence-electron chi connectivity index (χ1n) is 5.32. The topological polar surface area (TPSA) is 130 Å². The fourth-order valence-corrected chi connectivity index (χ4v) is 2.01. The molecule has 0 heterocycles. The van der Waals surface area contributed by atoms with Crippen LogP contribution in [0.4, 0.5) is 0 Å². The molecule has 0 saturated heterocycles. The number of carboxylic acid groups (broad SMARTS) is 1. The van der Waals surface area contributed by atoms with Gasteiger partial charge in [0.1, 0.15) is 0 Å². The molecule has 0 unspecified atom stereocenters. The van der Waals surface area contributed by atoms with Crippen LogP contribution in [0.5, 0.6) is 0 Å². The van der Waals surface area contributed by atoms with Crippen LogP contribution in [-0.2, 0) is 24.3 Å². The minimum atomic E-state index is -3.67. The standard InChI is InChI=1S/C9H17NO7S/c1-2-17-8(12)4-6-18(15,16)10-5-3-7(11)9(13)14/h7,10-11H,2-6H2,1H3,(H,13,14)/t7-/m0/s1. The van der Waals surface area contributed by atoms with Crippen LogP contribution in [0.25, 0.3) is 0 Å². The van der Waals surface area contributed by atoms with Crippen LogP contribution in [0.15, 0.2) is 0 Å². The lowest BCUT2D eigenvalue weighted by molar-refractivity contribution is -0.146. The van der Waals surface area contributed by atoms with Gasteiger partial charge >= 0.3 is 11.9 Å². The van der Waals surface area contributed by atoms with Crippen molar-refractivity contribution in [3.63, 3.8) is 0 Å². The first-order chi connectivity index (χ1) is 8.28. The number of carbonyl (C=O) groups excluding carboxylic acids is 1. The number of sulfonamides is 1. The van der Waals surface area contributed by atoms with Gasteiger partial charge in [-0.05, 0) is 13.3 Å². The van der Waals surface area contributed by atoms with Gasteiger partial charge in [0, 0.05) is 6.54 Å². The van der Waals surface area contributed by atoms with Crippen molar-refractivity contribution in [3.8, 4) is 0 Å². The summed E-state index contributed by atoms with van der Waals surface area (Å²) in [5, 5.41) is 17.3. The third-order valence-electron chi connectivity index (χ3n) is 1.91. The van der Waals surface area contributed by atoms with Crippen molar-refractivity contribution in [1.82, 2.24) is 4.72 Å². The van der Waals surface area contributed by atoms with E-state index in [2.05, 4.69) is 9.46 Å². The van der Waals surface area contributed by atoms with Crippen molar-refractivity contribution in [2.75, 3.05) is 18.9 Å². The van der Waals surface area contributed by atoms with E-state index in [1.807, 2.05) is 0 Å². The average Bonchev–Trinajstić information content (AvgIpc) is 2.26. The number of hydrogen-bond acceptors (Lipinski definition) is 6. The second-order valence-electron chi connectivity index (χ2n) is 3.41. The van der Waals surface area contributed by atoms with Crippen LogP contribution in [0.3, 0.4) is 0 Å². The Labute approximate surface area is 105 Å². The van der Waals surface area contributed by atoms with Crippen LogP contribution in [0, 0.1) is 0 Å². The van der Waals surface area contributed by atoms with Gasteiger partial charge in [-0.1, -0.05) is 0 Å². The van der Waals surface area contributed by atoms with Gasteiger partial charge in [-0.3, -0.25) is 4.79 Å². The van der Waals surface area contributed by atoms with Crippen LogP contribution >= 0.6 is 0 Å². The first-order valence-corrected chi connectivity index (χ1v) is 6.97. The number of rotatable bonds is 9. The Morgan fingerprint density at radius 3 is 2.50 bits per heavy atom. The fourth-order valence-electron chi connectivity index (χ4n) is 0.998. The Hall–Kier alpha value is -1.19. The zero-order valence-electron chi connectivity index (χ0n) is 9.96. The molecule has 0 aromatic heterocycles. The molecule has 0 aromatic rings. The van der Waals surface area contributed by atoms with Gasteiger partial charge in [0.2, 0.25) is 10.0 Å². The van der Waals surface area contributed by atoms with Crippen molar-refractivity contribution in [3.05, 3.63) is 0 Å². The third-order valence-corrected chi connectivity index (χ3v) is 3.29. The maximum Gasteiger partial charge on any atom is 0.332 e. The summed E-state index contributed by atoms with van der Waals surface area (Å²) in [4.78, 5) is 21.2. The van der Waals surface area contributed by atoms with Gasteiger partial charge in [-0.25, -0.2) is 17.9 Å². The first kappa shape index (κ1) is 16.8. The molecule has 3 N–H and O–H groups in total. The van der Waals surface area contributed by atoms with Gasteiger partial charge in [-0.15, -0.1) is 0 Å². The molecule has 0 bridgehead atoms. The number of aliphatic carboxylic acids is 1. The monoisotopic (exact) mass is 283 g/mol. The molecule has 0 saturated carbocycles. The number of aliphatic hydroxyl groups is 1. The Bertz CT molecular complexity index is 378. The van der Waals surface area contributed by atoms with E-state index >= 15 is 0 Å². The van der Waals surface area contributed by atoms with Crippen molar-refractivity contribution >= 4 is 22.0 Å². The lowest BCUT2D eigenvalue weighted by Crippen LogP contribution is -2.32. The van der Waals surface area contributed by atoms with E-state index in [9.17, 15) is 18.0 Å². The maximum atomic E-state index is 11.3. The highest BCUT2D eigenvalue weighted by Gasteiger charge is 2.16. The molecule has 0 aliphatic heterocycles. The Morgan fingerprint density at radius 2 is 2.00 bits per heavy atom. The summed E-state index contributed by atoms with van der Waals surface area (Å²) in [6.07, 6.45) is -2.13. The number of ether oxygens (including phenoxy) is 1. The largest absolute Gasteiger partial charge is 0.479 e. The number of hydrogen-bond donors (Lipinski definition) is 3. The third kappa shape index (κ3) is 7.98. The number of nitrogens with one attached hydrogen (secondary N) is 1. The maximum absolute atomic E-state index is 11.3. The summed E-state index contributed by atoms with van der Waals surface area (Å²) in [6, 6.07) is 0. The molecule has 0 fully saturated rings. The molecule has 0 spiro atoms. The molecule has 0 aliphatic carbocycles. The van der Waals surface area contributed by atoms with Crippen LogP contribution in [0.1, 0.15) is 19.8 Å². The SMILES string of the molecule is CCOC(=O)CCS(=O)(=O)NCC[C@H](O)C(=O)O. The molecule has 9 heteroatoms. The number of carbonyl (C=O) groups is 2. The Kier molecular flexibility index (Phi) is 7.48. The van der Waals surface area contributed by atoms with Gasteiger partial charge < -0.3 is 14.9 Å². The molecule has 0 rings (SSSR count). The quantitative estimate of drug-likeness (QED) is 0.448. The number of carboxylic acids is 1. The van der Waals surface area contributed by atoms with Gasteiger partial charge in [-0.2, -0.15) is 0 Å². The summed E-state index contributed by atoms with van der Waals surface area (Å²) >= 11 is 0. The van der Waals surface area contributed by atoms with E-state index < -0.39 is 33.8 Å². The fraction of sp³-hybridized carbons (Fsp3) is 0.778. The zero-order chi connectivity index (χ0) is 14.2. The molecular weight excluding hydrogens is 266 g/mol. The van der Waals surface area contributed by atoms with Gasteiger partial charge in [0.25, 0.3) is 0 Å². The summed E-state index contributed by atoms with van der Waals surface area (Å²) in [6.45, 7) is 1.58. The highest BCUT2D eigenvalue weighted by Crippen LogP contribution is 1.95. The van der Waals surface area contributed by atoms with Crippen molar-refractivity contribution in [1.29, 1.82) is 0 Å². The number of aliphatic hydroxyl groups excluding tert-OH is 1. The van der Waals surface area contributed by atoms with E-state index in [0.29, 0.717) is 0 Å². The summed E-state index contributed by atoms with van der Waals surface area (Å²) in [5.74, 6) is -2.47. The number of esters is 1. The summed E-state index contributed by atoms with van der Waals surface area (Å²) in [5.41, 5.74) is 0. The molecule has 0 radical (unpaired) electrons. The zero-order valence-corrected chi connectivity index (χ0v) is 10.8. The smallest absolute Gasteiger partial charge is 0.332 e. The van der Waals surface area contributed by atoms with E-state index in [4.69, 9.17) is 10.2 Å². The average molecular weight is 283 g/mol. The predicted octanol–water partition coefficient (Wildman–Crippen LogP) is -1.31. The van der Waals surface area contributed by atoms with Crippen LogP contribution < -0.4 is 4.72 Å². The second-order valence-corrected chi connectivity index (χ2v) is 5.34. The molecular formula is C9H17NO7S. The van der Waals surface area contributed by atoms with E-state index in [-0.39, 0.29) is 26.0 Å². The molecule has 0 amide bonds. The molecule has 0 aromatic carbocycles. The normalized spacial score (nSPS) is 13.0. The van der Waals surface area contributed by atoms with Gasteiger partial charge in [0.05, 0.1) is 18.8 Å². The minimum absolute atomic E-state index is 0.178. The molecule has 0 aliphatic rings. The van der Waals surface area contributed by atoms with Crippen LogP contribution in [0.2, 0.25) is 0 Å². The van der Waals surface area contributed by atoms with Crippen LogP contribution in [-0.4, -0.2) is 55.6 Å². The lowest BCUT2D eigenvalue weighted by Gasteiger charge is -2.08. The summed E-state index contributed by atoms with van der Waals surface area (Å²) < 4.78 is 29.3. The predicted molar refractivity (Wildman–Crippen MR) is 61.3 cm³/mol. The molecule has 106 valence electrons. The van der Waals surface area contributed by atoms with Crippen molar-refractivity contribution in [2.24, 2.45) is 0 Å². The second kappa shape index (κ2) is 8.01. The van der Waals surface area contributed by atoms with Gasteiger partial charge in [0.15, 0.2) is 6.10 Å². The summed E-state index contributed by atoms with van der Waals surface area (Å²) in [7, 11) is -3.67. The van der Waals surface area contributed by atoms with E-state index in [1.54, 1.807) is 6.92 Å². The van der Waals surface area contributed by atoms with Crippen molar-refractivity contribution in [2.45, 2.75) is 25.9 Å². The molecule has 8 nitrogen and oxygen atoms in total. The minimum Gasteiger partial charge on any atom is -0.479 e. The highest BCUT2D eigenvalue weighted by atomic mass is 32.2. The van der Waals surface area contributed by atoms with E-state index in [0.717, 1.165) is 0 Å². The Balaban J connectivity index is 3.94. The van der Waals surface area contributed by atoms with E-state index in [1.165, 1.54) is 0 Å². The highest BCUT2D eigenvalue weighted by molar-refractivity contribution is 7.89. The lowest BCUT2D eigenvalue weighted by atomic mass is 10.3. The molecule has 18 heavy (non-hydrogen) atoms.